The second-order valence-electron chi connectivity index (χ2n) is 21.3. The number of hydrogen-bond donors (Lipinski definition) is 4. The van der Waals surface area contributed by atoms with Crippen LogP contribution in [0.4, 0.5) is 0 Å². The number of benzene rings is 3. The molecular weight excluding hydrogens is 887 g/mol. The molecule has 6 bridgehead atoms. The van der Waals surface area contributed by atoms with Gasteiger partial charge in [-0.15, -0.1) is 0 Å². The molecule has 374 valence electrons. The van der Waals surface area contributed by atoms with Gasteiger partial charge in [0, 0.05) is 55.8 Å². The van der Waals surface area contributed by atoms with E-state index in [4.69, 9.17) is 4.74 Å². The molecule has 3 saturated heterocycles. The fraction of sp³-hybridized carbons (Fsp3) is 0.509. The number of hydrogen-bond acceptors (Lipinski definition) is 10. The van der Waals surface area contributed by atoms with Gasteiger partial charge >= 0.3 is 5.97 Å². The fourth-order valence-corrected chi connectivity index (χ4v) is 11.2. The van der Waals surface area contributed by atoms with Gasteiger partial charge in [-0.1, -0.05) is 70.7 Å². The van der Waals surface area contributed by atoms with E-state index in [0.29, 0.717) is 30.7 Å². The van der Waals surface area contributed by atoms with Crippen molar-refractivity contribution < 1.29 is 38.9 Å². The molecule has 1 aromatic heterocycles. The summed E-state index contributed by atoms with van der Waals surface area (Å²) in [6.07, 6.45) is 4.85. The molecule has 70 heavy (non-hydrogen) atoms. The van der Waals surface area contributed by atoms with Gasteiger partial charge in [-0.25, -0.2) is 5.43 Å². The van der Waals surface area contributed by atoms with Crippen LogP contribution in [0.15, 0.2) is 73.3 Å². The molecule has 4 N–H and O–H groups in total. The first-order chi connectivity index (χ1) is 33.3. The van der Waals surface area contributed by atoms with Crippen molar-refractivity contribution >= 4 is 40.5 Å². The van der Waals surface area contributed by atoms with Crippen LogP contribution in [-0.4, -0.2) is 141 Å². The maximum atomic E-state index is 14.8. The van der Waals surface area contributed by atoms with E-state index in [1.54, 1.807) is 26.0 Å². The van der Waals surface area contributed by atoms with Crippen LogP contribution in [-0.2, 0) is 48.1 Å². The van der Waals surface area contributed by atoms with Gasteiger partial charge in [0.1, 0.15) is 23.9 Å². The van der Waals surface area contributed by atoms with Crippen molar-refractivity contribution in [1.29, 1.82) is 0 Å². The first-order valence-corrected chi connectivity index (χ1v) is 25.0. The summed E-state index contributed by atoms with van der Waals surface area (Å²) in [4.78, 5) is 74.6. The van der Waals surface area contributed by atoms with Gasteiger partial charge in [-0.3, -0.25) is 29.0 Å². The Morgan fingerprint density at radius 1 is 0.971 bits per heavy atom. The molecule has 5 heterocycles. The van der Waals surface area contributed by atoms with Crippen LogP contribution in [0.1, 0.15) is 89.3 Å². The number of rotatable bonds is 9. The van der Waals surface area contributed by atoms with Gasteiger partial charge in [0.25, 0.3) is 11.8 Å². The zero-order chi connectivity index (χ0) is 50.2. The van der Waals surface area contributed by atoms with Crippen LogP contribution < -0.4 is 10.7 Å². The lowest BCUT2D eigenvalue weighted by atomic mass is 9.84. The van der Waals surface area contributed by atoms with Crippen LogP contribution in [0.5, 0.6) is 5.75 Å². The van der Waals surface area contributed by atoms with E-state index in [1.807, 2.05) is 12.1 Å². The molecule has 3 aromatic carbocycles. The van der Waals surface area contributed by atoms with E-state index in [0.717, 1.165) is 77.4 Å². The maximum absolute atomic E-state index is 14.8. The van der Waals surface area contributed by atoms with Gasteiger partial charge < -0.3 is 39.5 Å². The summed E-state index contributed by atoms with van der Waals surface area (Å²) in [6, 6.07) is 17.4. The van der Waals surface area contributed by atoms with Crippen molar-refractivity contribution in [3.63, 3.8) is 0 Å². The summed E-state index contributed by atoms with van der Waals surface area (Å²) >= 11 is 0. The van der Waals surface area contributed by atoms with Crippen molar-refractivity contribution in [2.75, 3.05) is 53.4 Å². The van der Waals surface area contributed by atoms with E-state index >= 15 is 0 Å². The van der Waals surface area contributed by atoms with E-state index in [2.05, 4.69) is 91.0 Å². The molecule has 4 atom stereocenters. The number of carbonyl (C=O) groups is 5. The summed E-state index contributed by atoms with van der Waals surface area (Å²) in [5.74, 6) is -2.72. The number of esters is 1. The molecular formula is C55H71N7O8. The highest BCUT2D eigenvalue weighted by Crippen LogP contribution is 2.41. The second kappa shape index (κ2) is 20.4. The molecule has 4 amide bonds. The van der Waals surface area contributed by atoms with Gasteiger partial charge in [0.2, 0.25) is 11.8 Å². The second-order valence-corrected chi connectivity index (χ2v) is 21.3. The number of nitrogens with zero attached hydrogens (tertiary/aromatic N) is 5. The Labute approximate surface area is 411 Å². The molecule has 3 fully saturated rings. The number of carbonyl (C=O) groups excluding carboxylic acids is 5. The number of hydrazine groups is 1. The normalized spacial score (nSPS) is 22.9. The van der Waals surface area contributed by atoms with Gasteiger partial charge in [0.15, 0.2) is 5.60 Å². The van der Waals surface area contributed by atoms with Crippen LogP contribution in [0, 0.1) is 11.3 Å². The molecule has 0 saturated carbocycles. The third-order valence-corrected chi connectivity index (χ3v) is 15.0. The van der Waals surface area contributed by atoms with Crippen molar-refractivity contribution in [2.45, 2.75) is 116 Å². The lowest BCUT2D eigenvalue weighted by Gasteiger charge is -2.37. The SMILES string of the molecule is C=CC(=O)N1CC[C@](O)(C(=O)N(C)[C@H](C(=O)N[C@H]2Cc3cc(O)cc(c3)-c3ccc4c(c3)c(c(-c3ccc(C5CCN(C)CC5)cc3)n4CC)CC(C)(C)COC(=O)[C@@H]3CCCN(N3)C2=O)C(C)C)C1. The fourth-order valence-electron chi connectivity index (χ4n) is 11.2. The summed E-state index contributed by atoms with van der Waals surface area (Å²) in [5.41, 5.74) is 8.60. The first-order valence-electron chi connectivity index (χ1n) is 25.0. The standard InChI is InChI=1S/C55H71N7O8/c1-9-47(64)60-25-21-55(69,32-60)53(68)59(8)48(34(3)4)50(65)56-45-28-35-26-40(29-41(63)27-35)39-17-18-46-42(30-39)43(31-54(5,6)33-70-52(67)44-12-11-22-62(57-44)51(45)66)49(61(46)10-2)38-15-13-36(14-16-38)37-19-23-58(7)24-20-37/h9,13-18,26-27,29-30,34,37,44-45,48,57,63,69H,1,10-12,19-25,28,31-33H2,2-8H3,(H,56,65)/t44-,45-,48-,55+/m0/s1. The molecule has 0 spiro atoms. The molecule has 15 heteroatoms. The smallest absolute Gasteiger partial charge is 0.324 e. The predicted octanol–water partition coefficient (Wildman–Crippen LogP) is 5.79. The van der Waals surface area contributed by atoms with E-state index < -0.39 is 64.7 Å². The maximum Gasteiger partial charge on any atom is 0.324 e. The number of aliphatic hydroxyl groups is 1. The van der Waals surface area contributed by atoms with E-state index in [1.165, 1.54) is 27.4 Å². The lowest BCUT2D eigenvalue weighted by molar-refractivity contribution is -0.156. The molecule has 0 radical (unpaired) electrons. The number of ether oxygens (including phenoxy) is 1. The van der Waals surface area contributed by atoms with Crippen molar-refractivity contribution in [2.24, 2.45) is 11.3 Å². The third-order valence-electron chi connectivity index (χ3n) is 15.0. The molecule has 4 aliphatic heterocycles. The number of aryl methyl sites for hydroxylation is 1. The van der Waals surface area contributed by atoms with Crippen LogP contribution in [0.3, 0.4) is 0 Å². The number of likely N-dealkylation sites (N-methyl/N-ethyl adjacent to an activating group) is 1. The topological polar surface area (TPSA) is 177 Å². The van der Waals surface area contributed by atoms with Crippen LogP contribution >= 0.6 is 0 Å². The molecule has 15 nitrogen and oxygen atoms in total. The molecule has 0 unspecified atom stereocenters. The van der Waals surface area contributed by atoms with Crippen molar-refractivity contribution in [1.82, 2.24) is 35.0 Å². The first kappa shape index (κ1) is 50.4. The number of nitrogens with one attached hydrogen (secondary N) is 2. The molecule has 4 aliphatic rings. The lowest BCUT2D eigenvalue weighted by Crippen LogP contribution is -2.63. The number of phenolic OH excluding ortho intramolecular Hbond substituents is 1. The third kappa shape index (κ3) is 10.4. The number of aromatic nitrogens is 1. The van der Waals surface area contributed by atoms with E-state index in [-0.39, 0.29) is 44.8 Å². The largest absolute Gasteiger partial charge is 0.508 e. The number of amides is 4. The van der Waals surface area contributed by atoms with Gasteiger partial charge in [-0.2, -0.15) is 0 Å². The Bertz CT molecular complexity index is 2650. The number of fused-ring (bicyclic) bond motifs is 6. The number of piperidine rings is 1. The zero-order valence-corrected chi connectivity index (χ0v) is 41.9. The number of phenols is 1. The minimum Gasteiger partial charge on any atom is -0.508 e. The Hall–Kier alpha value is -6.03. The molecule has 0 aliphatic carbocycles. The number of likely N-dealkylation sites (tertiary alicyclic amines) is 2. The van der Waals surface area contributed by atoms with Crippen LogP contribution in [0.25, 0.3) is 33.3 Å². The highest BCUT2D eigenvalue weighted by atomic mass is 16.5. The Morgan fingerprint density at radius 3 is 2.37 bits per heavy atom. The van der Waals surface area contributed by atoms with E-state index in [9.17, 15) is 34.2 Å². The number of cyclic esters (lactones) is 1. The van der Waals surface area contributed by atoms with Crippen molar-refractivity contribution in [3.8, 4) is 28.1 Å². The Balaban J connectivity index is 1.17. The average Bonchev–Trinajstić information content (AvgIpc) is 3.89. The highest BCUT2D eigenvalue weighted by Gasteiger charge is 2.48. The molecule has 8 rings (SSSR count). The minimum atomic E-state index is -1.92. The highest BCUT2D eigenvalue weighted by molar-refractivity contribution is 5.97. The van der Waals surface area contributed by atoms with Crippen molar-refractivity contribution in [3.05, 3.63) is 90.0 Å². The summed E-state index contributed by atoms with van der Waals surface area (Å²) < 4.78 is 8.49. The number of aromatic hydroxyl groups is 1. The minimum absolute atomic E-state index is 0.0166. The monoisotopic (exact) mass is 958 g/mol. The Morgan fingerprint density at radius 2 is 1.69 bits per heavy atom. The molecule has 4 aromatic rings. The van der Waals surface area contributed by atoms with Crippen LogP contribution in [0.2, 0.25) is 0 Å². The van der Waals surface area contributed by atoms with Gasteiger partial charge in [0.05, 0.1) is 18.8 Å². The predicted molar refractivity (Wildman–Crippen MR) is 269 cm³/mol. The number of β-amino-alcohol motifs (C(OH)–C–C–N with tert-alkyl or cyclic N) is 1. The summed E-state index contributed by atoms with van der Waals surface area (Å²) in [7, 11) is 3.62. The van der Waals surface area contributed by atoms with Gasteiger partial charge in [-0.05, 0) is 135 Å². The zero-order valence-electron chi connectivity index (χ0n) is 41.9. The summed E-state index contributed by atoms with van der Waals surface area (Å²) in [6.45, 7) is 16.6. The quantitative estimate of drug-likeness (QED) is 0.119. The summed E-state index contributed by atoms with van der Waals surface area (Å²) in [5, 5.41) is 28.2. The average molecular weight is 958 g/mol. The Kier molecular flexibility index (Phi) is 14.7.